The maximum absolute atomic E-state index is 12.9. The first-order valence-electron chi connectivity index (χ1n) is 7.30. The summed E-state index contributed by atoms with van der Waals surface area (Å²) in [5.74, 6) is -0.534. The zero-order chi connectivity index (χ0) is 20.5. The second-order valence-corrected chi connectivity index (χ2v) is 6.84. The van der Waals surface area contributed by atoms with Gasteiger partial charge in [-0.2, -0.15) is 22.9 Å². The van der Waals surface area contributed by atoms with Crippen LogP contribution in [0, 0.1) is 4.77 Å². The molecule has 0 spiro atoms. The Hall–Kier alpha value is -2.01. The molecule has 0 atom stereocenters. The van der Waals surface area contributed by atoms with E-state index in [0.717, 1.165) is 6.21 Å². The van der Waals surface area contributed by atoms with Crippen molar-refractivity contribution in [3.05, 3.63) is 61.4 Å². The van der Waals surface area contributed by atoms with E-state index in [9.17, 15) is 13.2 Å². The molecule has 0 saturated carbocycles. The van der Waals surface area contributed by atoms with Crippen molar-refractivity contribution in [1.82, 2.24) is 14.9 Å². The minimum atomic E-state index is -4.72. The zero-order valence-electron chi connectivity index (χ0n) is 13.4. The molecule has 0 bridgehead atoms. The van der Waals surface area contributed by atoms with Crippen LogP contribution in [0.4, 0.5) is 13.2 Å². The maximum Gasteiger partial charge on any atom is 0.453 e. The average Bonchev–Trinajstić information content (AvgIpc) is 3.18. The Kier molecular flexibility index (Phi) is 6.04. The van der Waals surface area contributed by atoms with E-state index in [1.165, 1.54) is 18.2 Å². The van der Waals surface area contributed by atoms with Gasteiger partial charge in [0.15, 0.2) is 5.75 Å². The van der Waals surface area contributed by atoms with Gasteiger partial charge in [-0.05, 0) is 36.5 Å². The second-order valence-electron chi connectivity index (χ2n) is 5.20. The Morgan fingerprint density at radius 1 is 1.25 bits per heavy atom. The fourth-order valence-corrected chi connectivity index (χ4v) is 3.15. The zero-order valence-corrected chi connectivity index (χ0v) is 16.5. The second kappa shape index (κ2) is 8.16. The summed E-state index contributed by atoms with van der Waals surface area (Å²) in [7, 11) is 0. The SMILES string of the molecule is FC(F)(F)c1n[nH]c(=S)n1/N=C\c1ccc(COc2c(Cl)cc(Cl)cc2Cl)o1. The molecular weight excluding hydrogens is 464 g/mol. The molecule has 3 rings (SSSR count). The quantitative estimate of drug-likeness (QED) is 0.367. The number of furan rings is 1. The molecule has 0 aliphatic carbocycles. The lowest BCUT2D eigenvalue weighted by Crippen LogP contribution is -2.12. The highest BCUT2D eigenvalue weighted by molar-refractivity contribution is 7.71. The van der Waals surface area contributed by atoms with Gasteiger partial charge in [0.05, 0.1) is 16.3 Å². The van der Waals surface area contributed by atoms with Gasteiger partial charge in [-0.3, -0.25) is 0 Å². The summed E-state index contributed by atoms with van der Waals surface area (Å²) in [6.45, 7) is -0.0339. The van der Waals surface area contributed by atoms with Gasteiger partial charge in [-0.1, -0.05) is 34.8 Å². The van der Waals surface area contributed by atoms with Crippen LogP contribution in [0.15, 0.2) is 33.8 Å². The highest BCUT2D eigenvalue weighted by Crippen LogP contribution is 2.36. The van der Waals surface area contributed by atoms with E-state index in [-0.39, 0.29) is 32.9 Å². The Balaban J connectivity index is 1.73. The topological polar surface area (TPSA) is 68.3 Å². The Bertz CT molecular complexity index is 1070. The molecule has 0 amide bonds. The Morgan fingerprint density at radius 3 is 2.57 bits per heavy atom. The van der Waals surface area contributed by atoms with Gasteiger partial charge in [-0.25, -0.2) is 5.10 Å². The van der Waals surface area contributed by atoms with Crippen molar-refractivity contribution in [3.63, 3.8) is 0 Å². The van der Waals surface area contributed by atoms with Crippen LogP contribution in [0.1, 0.15) is 17.3 Å². The fourth-order valence-electron chi connectivity index (χ4n) is 2.05. The van der Waals surface area contributed by atoms with Gasteiger partial charge < -0.3 is 9.15 Å². The first kappa shape index (κ1) is 20.7. The molecule has 0 radical (unpaired) electrons. The number of aromatic nitrogens is 3. The van der Waals surface area contributed by atoms with Crippen LogP contribution in [0.2, 0.25) is 15.1 Å². The fraction of sp³-hybridized carbons (Fsp3) is 0.133. The number of rotatable bonds is 5. The molecule has 1 aromatic carbocycles. The molecule has 0 aliphatic rings. The molecule has 0 saturated heterocycles. The third-order valence-electron chi connectivity index (χ3n) is 3.21. The molecular formula is C15H8Cl3F3N4O2S. The number of aromatic amines is 1. The van der Waals surface area contributed by atoms with E-state index in [4.69, 9.17) is 56.2 Å². The number of H-pyrrole nitrogens is 1. The van der Waals surface area contributed by atoms with Crippen LogP contribution in [-0.2, 0) is 12.8 Å². The molecule has 0 aliphatic heterocycles. The lowest BCUT2D eigenvalue weighted by molar-refractivity contribution is -0.147. The molecule has 0 unspecified atom stereocenters. The molecule has 148 valence electrons. The lowest BCUT2D eigenvalue weighted by Gasteiger charge is -2.08. The number of alkyl halides is 3. The lowest BCUT2D eigenvalue weighted by atomic mass is 10.3. The summed E-state index contributed by atoms with van der Waals surface area (Å²) in [6, 6.07) is 5.98. The number of ether oxygens (including phenoxy) is 1. The van der Waals surface area contributed by atoms with Crippen molar-refractivity contribution in [2.24, 2.45) is 5.10 Å². The molecule has 13 heteroatoms. The standard InChI is InChI=1S/C15H8Cl3F3N4O2S/c16-7-3-10(17)12(11(18)4-7)26-6-9-2-1-8(27-9)5-22-25-13(15(19,20)21)23-24-14(25)28/h1-5H,6H2,(H,24,28)/b22-5-. The number of benzene rings is 1. The van der Waals surface area contributed by atoms with Crippen molar-refractivity contribution >= 4 is 53.2 Å². The monoisotopic (exact) mass is 470 g/mol. The van der Waals surface area contributed by atoms with Crippen molar-refractivity contribution in [3.8, 4) is 5.75 Å². The van der Waals surface area contributed by atoms with Crippen LogP contribution in [-0.4, -0.2) is 21.1 Å². The summed E-state index contributed by atoms with van der Waals surface area (Å²) < 4.78 is 49.6. The number of hydrogen-bond acceptors (Lipinski definition) is 5. The largest absolute Gasteiger partial charge is 0.483 e. The predicted octanol–water partition coefficient (Wildman–Crippen LogP) is 5.97. The van der Waals surface area contributed by atoms with Crippen LogP contribution in [0.25, 0.3) is 0 Å². The van der Waals surface area contributed by atoms with Gasteiger partial charge in [0.2, 0.25) is 4.77 Å². The first-order valence-corrected chi connectivity index (χ1v) is 8.84. The first-order chi connectivity index (χ1) is 13.1. The maximum atomic E-state index is 12.9. The highest BCUT2D eigenvalue weighted by atomic mass is 35.5. The molecule has 3 aromatic rings. The molecule has 2 aromatic heterocycles. The number of halogens is 6. The molecule has 6 nitrogen and oxygen atoms in total. The molecule has 1 N–H and O–H groups in total. The van der Waals surface area contributed by atoms with Gasteiger partial charge in [0, 0.05) is 5.02 Å². The van der Waals surface area contributed by atoms with Crippen molar-refractivity contribution in [2.75, 3.05) is 0 Å². The van der Waals surface area contributed by atoms with E-state index in [0.29, 0.717) is 15.5 Å². The number of hydrogen-bond donors (Lipinski definition) is 1. The average molecular weight is 472 g/mol. The minimum absolute atomic E-state index is 0.0339. The van der Waals surface area contributed by atoms with E-state index >= 15 is 0 Å². The van der Waals surface area contributed by atoms with E-state index in [1.54, 1.807) is 6.07 Å². The minimum Gasteiger partial charge on any atom is -0.483 e. The third-order valence-corrected chi connectivity index (χ3v) is 4.25. The van der Waals surface area contributed by atoms with E-state index in [1.807, 2.05) is 5.10 Å². The van der Waals surface area contributed by atoms with Crippen molar-refractivity contribution in [1.29, 1.82) is 0 Å². The van der Waals surface area contributed by atoms with Gasteiger partial charge >= 0.3 is 6.18 Å². The van der Waals surface area contributed by atoms with Crippen molar-refractivity contribution < 1.29 is 22.3 Å². The summed E-state index contributed by atoms with van der Waals surface area (Å²) in [5, 5.41) is 9.60. The highest BCUT2D eigenvalue weighted by Gasteiger charge is 2.37. The van der Waals surface area contributed by atoms with Crippen LogP contribution < -0.4 is 4.74 Å². The smallest absolute Gasteiger partial charge is 0.453 e. The Labute approximate surface area is 175 Å². The molecule has 2 heterocycles. The normalized spacial score (nSPS) is 12.1. The van der Waals surface area contributed by atoms with Crippen molar-refractivity contribution in [2.45, 2.75) is 12.8 Å². The third kappa shape index (κ3) is 4.69. The Morgan fingerprint density at radius 2 is 1.93 bits per heavy atom. The number of nitrogens with zero attached hydrogens (tertiary/aromatic N) is 3. The molecule has 28 heavy (non-hydrogen) atoms. The number of nitrogens with one attached hydrogen (secondary N) is 1. The van der Waals surface area contributed by atoms with Gasteiger partial charge in [-0.15, -0.1) is 5.10 Å². The summed E-state index contributed by atoms with van der Waals surface area (Å²) in [4.78, 5) is 0. The molecule has 0 fully saturated rings. The van der Waals surface area contributed by atoms with Crippen LogP contribution >= 0.6 is 47.0 Å². The van der Waals surface area contributed by atoms with Crippen LogP contribution in [0.3, 0.4) is 0 Å². The van der Waals surface area contributed by atoms with Gasteiger partial charge in [0.1, 0.15) is 18.1 Å². The van der Waals surface area contributed by atoms with E-state index in [2.05, 4.69) is 10.2 Å². The van der Waals surface area contributed by atoms with E-state index < -0.39 is 12.0 Å². The summed E-state index contributed by atoms with van der Waals surface area (Å²) >= 11 is 22.6. The summed E-state index contributed by atoms with van der Waals surface area (Å²) in [6.07, 6.45) is -3.66. The van der Waals surface area contributed by atoms with Crippen LogP contribution in [0.5, 0.6) is 5.75 Å². The predicted molar refractivity (Wildman–Crippen MR) is 99.9 cm³/mol. The summed E-state index contributed by atoms with van der Waals surface area (Å²) in [5.41, 5.74) is 0. The van der Waals surface area contributed by atoms with Gasteiger partial charge in [0.25, 0.3) is 5.82 Å².